The summed E-state index contributed by atoms with van der Waals surface area (Å²) in [6.07, 6.45) is 0.258. The molecule has 0 fully saturated rings. The van der Waals surface area contributed by atoms with Gasteiger partial charge in [0.2, 0.25) is 0 Å². The third kappa shape index (κ3) is 6.46. The molecule has 0 radical (unpaired) electrons. The number of esters is 1. The van der Waals surface area contributed by atoms with Gasteiger partial charge in [-0.25, -0.2) is 9.59 Å². The van der Waals surface area contributed by atoms with Crippen molar-refractivity contribution in [1.82, 2.24) is 10.2 Å². The minimum atomic E-state index is -0.862. The van der Waals surface area contributed by atoms with E-state index >= 15 is 0 Å². The lowest BCUT2D eigenvalue weighted by Crippen LogP contribution is -2.45. The third-order valence-electron chi connectivity index (χ3n) is 6.97. The minimum Gasteiger partial charge on any atom is -0.463 e. The fourth-order valence-electron chi connectivity index (χ4n) is 4.77. The van der Waals surface area contributed by atoms with Crippen molar-refractivity contribution < 1.29 is 19.1 Å². The van der Waals surface area contributed by atoms with Crippen LogP contribution in [0.3, 0.4) is 0 Å². The highest BCUT2D eigenvalue weighted by molar-refractivity contribution is 6.05. The number of fused-ring (bicyclic) bond motifs is 1. The number of carbonyl (C=O) groups excluding carboxylic acids is 3. The Morgan fingerprint density at radius 1 is 0.974 bits per heavy atom. The van der Waals surface area contributed by atoms with Gasteiger partial charge in [0.05, 0.1) is 12.2 Å². The van der Waals surface area contributed by atoms with E-state index in [0.29, 0.717) is 18.7 Å². The summed E-state index contributed by atoms with van der Waals surface area (Å²) in [7, 11) is 5.57. The molecule has 1 aliphatic rings. The maximum absolute atomic E-state index is 13.2. The van der Waals surface area contributed by atoms with E-state index in [9.17, 15) is 14.4 Å². The number of rotatable bonds is 9. The van der Waals surface area contributed by atoms with Gasteiger partial charge in [0.15, 0.2) is 0 Å². The molecule has 0 saturated carbocycles. The molecule has 1 aliphatic heterocycles. The van der Waals surface area contributed by atoms with Crippen molar-refractivity contribution in [3.8, 4) is 0 Å². The summed E-state index contributed by atoms with van der Waals surface area (Å²) in [6, 6.07) is 20.1. The third-order valence-corrected chi connectivity index (χ3v) is 6.97. The Kier molecular flexibility index (Phi) is 8.66. The number of likely N-dealkylation sites (N-methyl/N-ethyl adjacent to an activating group) is 1. The number of carbonyl (C=O) groups is 3. The van der Waals surface area contributed by atoms with Crippen molar-refractivity contribution >= 4 is 29.3 Å². The Hall–Kier alpha value is -4.17. The molecule has 1 N–H and O–H groups in total. The molecule has 39 heavy (non-hydrogen) atoms. The molecule has 1 unspecified atom stereocenters. The lowest BCUT2D eigenvalue weighted by atomic mass is 10.0. The summed E-state index contributed by atoms with van der Waals surface area (Å²) in [5.41, 5.74) is 5.82. The van der Waals surface area contributed by atoms with Crippen molar-refractivity contribution in [2.45, 2.75) is 32.9 Å². The zero-order valence-electron chi connectivity index (χ0n) is 23.2. The van der Waals surface area contributed by atoms with Crippen LogP contribution in [0.2, 0.25) is 0 Å². The topological polar surface area (TPSA) is 82.2 Å². The van der Waals surface area contributed by atoms with Crippen LogP contribution in [0.5, 0.6) is 0 Å². The first-order valence-electron chi connectivity index (χ1n) is 13.1. The average molecular weight is 529 g/mol. The molecule has 204 valence electrons. The molecule has 8 heteroatoms. The van der Waals surface area contributed by atoms with Crippen LogP contribution in [0.25, 0.3) is 0 Å². The summed E-state index contributed by atoms with van der Waals surface area (Å²) in [6.45, 7) is 5.04. The van der Waals surface area contributed by atoms with Gasteiger partial charge >= 0.3 is 12.0 Å². The summed E-state index contributed by atoms with van der Waals surface area (Å²) in [4.78, 5) is 44.6. The maximum atomic E-state index is 13.2. The van der Waals surface area contributed by atoms with Crippen LogP contribution in [0, 0.1) is 13.8 Å². The predicted molar refractivity (Wildman–Crippen MR) is 153 cm³/mol. The molecule has 0 aromatic heterocycles. The van der Waals surface area contributed by atoms with E-state index in [1.807, 2.05) is 99.6 Å². The Bertz CT molecular complexity index is 1330. The minimum absolute atomic E-state index is 0.107. The number of nitrogens with one attached hydrogen (secondary N) is 1. The molecule has 0 spiro atoms. The van der Waals surface area contributed by atoms with Crippen LogP contribution in [0.15, 0.2) is 66.7 Å². The summed E-state index contributed by atoms with van der Waals surface area (Å²) in [5, 5.41) is 2.90. The van der Waals surface area contributed by atoms with E-state index < -0.39 is 12.0 Å². The number of aryl methyl sites for hydroxylation is 2. The highest BCUT2D eigenvalue weighted by Gasteiger charge is 2.29. The van der Waals surface area contributed by atoms with E-state index in [1.165, 1.54) is 0 Å². The van der Waals surface area contributed by atoms with E-state index in [0.717, 1.165) is 33.6 Å². The molecular weight excluding hydrogens is 492 g/mol. The second-order valence-electron chi connectivity index (χ2n) is 10.2. The molecule has 3 aromatic rings. The largest absolute Gasteiger partial charge is 0.463 e. The standard InChI is InChI=1S/C31H36N4O4/c1-21-9-8-10-22(2)28(21)29(36)32-26(30(37)39-18-17-33(3)4)19-23-13-15-25(16-14-23)35-20-24-11-6-7-12-27(24)34(5)31(35)38/h6-16,26H,17-20H2,1-5H3,(H,32,36). The normalized spacial score (nSPS) is 13.7. The van der Waals surface area contributed by atoms with Gasteiger partial charge in [-0.1, -0.05) is 48.5 Å². The first kappa shape index (κ1) is 27.9. The van der Waals surface area contributed by atoms with Gasteiger partial charge in [0, 0.05) is 31.3 Å². The molecule has 1 atom stereocenters. The fourth-order valence-corrected chi connectivity index (χ4v) is 4.77. The smallest absolute Gasteiger partial charge is 0.329 e. The number of hydrogen-bond donors (Lipinski definition) is 1. The molecule has 1 heterocycles. The van der Waals surface area contributed by atoms with Crippen LogP contribution in [-0.2, 0) is 22.5 Å². The lowest BCUT2D eigenvalue weighted by molar-refractivity contribution is -0.146. The summed E-state index contributed by atoms with van der Waals surface area (Å²) in [5.74, 6) is -0.789. The average Bonchev–Trinajstić information content (AvgIpc) is 2.90. The SMILES string of the molecule is Cc1cccc(C)c1C(=O)NC(Cc1ccc(N2Cc3ccccc3N(C)C2=O)cc1)C(=O)OCCN(C)C. The van der Waals surface area contributed by atoms with Crippen molar-refractivity contribution in [3.63, 3.8) is 0 Å². The highest BCUT2D eigenvalue weighted by atomic mass is 16.5. The Balaban J connectivity index is 1.52. The van der Waals surface area contributed by atoms with Gasteiger partial charge in [-0.05, 0) is 68.4 Å². The quantitative estimate of drug-likeness (QED) is 0.418. The van der Waals surface area contributed by atoms with Crippen molar-refractivity contribution in [2.75, 3.05) is 44.1 Å². The van der Waals surface area contributed by atoms with Crippen molar-refractivity contribution in [1.29, 1.82) is 0 Å². The van der Waals surface area contributed by atoms with E-state index in [4.69, 9.17) is 4.74 Å². The van der Waals surface area contributed by atoms with Crippen LogP contribution in [-0.4, -0.2) is 63.1 Å². The lowest BCUT2D eigenvalue weighted by Gasteiger charge is -2.35. The number of hydrogen-bond acceptors (Lipinski definition) is 5. The molecule has 3 aromatic carbocycles. The zero-order chi connectivity index (χ0) is 28.1. The second kappa shape index (κ2) is 12.1. The number of nitrogens with zero attached hydrogens (tertiary/aromatic N) is 3. The van der Waals surface area contributed by atoms with Gasteiger partial charge in [0.25, 0.3) is 5.91 Å². The first-order valence-corrected chi connectivity index (χ1v) is 13.1. The fraction of sp³-hybridized carbons (Fsp3) is 0.323. The molecule has 3 amide bonds. The van der Waals surface area contributed by atoms with Crippen molar-refractivity contribution in [3.05, 3.63) is 94.5 Å². The molecule has 0 bridgehead atoms. The molecule has 0 saturated heterocycles. The van der Waals surface area contributed by atoms with E-state index in [-0.39, 0.29) is 25.0 Å². The van der Waals surface area contributed by atoms with Crippen LogP contribution >= 0.6 is 0 Å². The first-order chi connectivity index (χ1) is 18.7. The second-order valence-corrected chi connectivity index (χ2v) is 10.2. The number of amides is 3. The summed E-state index contributed by atoms with van der Waals surface area (Å²) >= 11 is 0. The zero-order valence-corrected chi connectivity index (χ0v) is 23.2. The highest BCUT2D eigenvalue weighted by Crippen LogP contribution is 2.30. The van der Waals surface area contributed by atoms with Crippen LogP contribution < -0.4 is 15.1 Å². The van der Waals surface area contributed by atoms with Gasteiger partial charge in [-0.15, -0.1) is 0 Å². The predicted octanol–water partition coefficient (Wildman–Crippen LogP) is 4.33. The molecule has 0 aliphatic carbocycles. The monoisotopic (exact) mass is 528 g/mol. The maximum Gasteiger partial charge on any atom is 0.329 e. The number of para-hydroxylation sites is 1. The summed E-state index contributed by atoms with van der Waals surface area (Å²) < 4.78 is 5.51. The molecule has 4 rings (SSSR count). The Labute approximate surface area is 230 Å². The van der Waals surface area contributed by atoms with E-state index in [2.05, 4.69) is 5.32 Å². The molecular formula is C31H36N4O4. The Morgan fingerprint density at radius 2 is 1.64 bits per heavy atom. The van der Waals surface area contributed by atoms with E-state index in [1.54, 1.807) is 16.8 Å². The number of benzene rings is 3. The van der Waals surface area contributed by atoms with Gasteiger partial charge in [-0.3, -0.25) is 14.6 Å². The van der Waals surface area contributed by atoms with Crippen LogP contribution in [0.1, 0.15) is 32.6 Å². The van der Waals surface area contributed by atoms with Gasteiger partial charge in [0.1, 0.15) is 12.6 Å². The number of urea groups is 1. The van der Waals surface area contributed by atoms with Crippen LogP contribution in [0.4, 0.5) is 16.2 Å². The van der Waals surface area contributed by atoms with Crippen molar-refractivity contribution in [2.24, 2.45) is 0 Å². The molecule has 8 nitrogen and oxygen atoms in total. The number of anilines is 2. The Morgan fingerprint density at radius 3 is 2.31 bits per heavy atom. The van der Waals surface area contributed by atoms with Gasteiger partial charge in [-0.2, -0.15) is 0 Å². The van der Waals surface area contributed by atoms with Gasteiger partial charge < -0.3 is 15.0 Å². The number of ether oxygens (including phenoxy) is 1.